The lowest BCUT2D eigenvalue weighted by Crippen LogP contribution is -2.27. The van der Waals surface area contributed by atoms with Crippen LogP contribution in [0.15, 0.2) is 53.6 Å². The molecular formula is C23H25N11O. The van der Waals surface area contributed by atoms with Crippen molar-refractivity contribution in [2.75, 3.05) is 0 Å². The molecule has 4 heterocycles. The highest BCUT2D eigenvalue weighted by Crippen LogP contribution is 2.24. The molecule has 0 unspecified atom stereocenters. The number of nitrogens with one attached hydrogen (secondary N) is 1. The van der Waals surface area contributed by atoms with Crippen LogP contribution in [0.1, 0.15) is 38.1 Å². The maximum Gasteiger partial charge on any atom is 0.335 e. The Balaban J connectivity index is 1.49. The summed E-state index contributed by atoms with van der Waals surface area (Å²) in [5, 5.41) is 26.1. The van der Waals surface area contributed by atoms with Crippen LogP contribution in [0, 0.1) is 0 Å². The lowest BCUT2D eigenvalue weighted by molar-refractivity contribution is 0.562. The van der Waals surface area contributed by atoms with Gasteiger partial charge in [0.1, 0.15) is 0 Å². The first-order valence-electron chi connectivity index (χ1n) is 11.5. The van der Waals surface area contributed by atoms with Crippen LogP contribution in [0.25, 0.3) is 28.5 Å². The zero-order chi connectivity index (χ0) is 24.2. The van der Waals surface area contributed by atoms with E-state index in [1.165, 1.54) is 4.57 Å². The number of hydrogen-bond acceptors (Lipinski definition) is 8. The molecule has 0 aliphatic carbocycles. The molecule has 0 atom stereocenters. The summed E-state index contributed by atoms with van der Waals surface area (Å²) in [6, 6.07) is 11.8. The van der Waals surface area contributed by atoms with Gasteiger partial charge in [-0.3, -0.25) is 9.55 Å². The maximum absolute atomic E-state index is 13.4. The fourth-order valence-electron chi connectivity index (χ4n) is 4.05. The predicted molar refractivity (Wildman–Crippen MR) is 128 cm³/mol. The number of aryl methyl sites for hydroxylation is 2. The third kappa shape index (κ3) is 4.50. The summed E-state index contributed by atoms with van der Waals surface area (Å²) in [5.41, 5.74) is 4.34. The monoisotopic (exact) mass is 471 g/mol. The van der Waals surface area contributed by atoms with Crippen LogP contribution in [0.3, 0.4) is 0 Å². The van der Waals surface area contributed by atoms with Crippen molar-refractivity contribution in [1.29, 1.82) is 0 Å². The Labute approximate surface area is 200 Å². The van der Waals surface area contributed by atoms with E-state index in [1.807, 2.05) is 49.5 Å². The van der Waals surface area contributed by atoms with Gasteiger partial charge in [0.05, 0.1) is 12.2 Å². The molecule has 0 aliphatic heterocycles. The van der Waals surface area contributed by atoms with E-state index >= 15 is 0 Å². The number of pyridine rings is 1. The number of tetrazole rings is 2. The van der Waals surface area contributed by atoms with Crippen LogP contribution < -0.4 is 5.69 Å². The number of imidazole rings is 1. The fraction of sp³-hybridized carbons (Fsp3) is 0.304. The van der Waals surface area contributed by atoms with Crippen LogP contribution in [-0.2, 0) is 19.5 Å². The van der Waals surface area contributed by atoms with Crippen molar-refractivity contribution in [3.8, 4) is 28.5 Å². The normalized spacial score (nSPS) is 11.3. The van der Waals surface area contributed by atoms with Gasteiger partial charge >= 0.3 is 5.69 Å². The molecule has 0 saturated carbocycles. The summed E-state index contributed by atoms with van der Waals surface area (Å²) in [4.78, 5) is 18.0. The number of aromatic nitrogens is 11. The molecule has 35 heavy (non-hydrogen) atoms. The molecule has 1 N–H and O–H groups in total. The zero-order valence-electron chi connectivity index (χ0n) is 19.5. The average molecular weight is 472 g/mol. The Morgan fingerprint density at radius 1 is 1.00 bits per heavy atom. The fourth-order valence-corrected chi connectivity index (χ4v) is 4.05. The van der Waals surface area contributed by atoms with E-state index in [4.69, 9.17) is 0 Å². The standard InChI is InChI=1S/C23H25N11O/c1-3-6-20-15-33(22-27-30-31-34(22)11-4-2)23(35)32(20)14-19-13-17(9-10-24-19)16-7-5-8-18(12-16)21-25-28-29-26-21/h5,7-10,12-13,15H,3-4,6,11,14H2,1-2H3,(H,25,26,28,29). The second-order valence-corrected chi connectivity index (χ2v) is 8.16. The summed E-state index contributed by atoms with van der Waals surface area (Å²) in [6.45, 7) is 5.10. The molecule has 0 aliphatic rings. The number of H-pyrrole nitrogens is 1. The largest absolute Gasteiger partial charge is 0.335 e. The Hall–Kier alpha value is -4.48. The van der Waals surface area contributed by atoms with Gasteiger partial charge in [0.2, 0.25) is 5.82 Å². The van der Waals surface area contributed by atoms with Gasteiger partial charge in [-0.2, -0.15) is 5.21 Å². The average Bonchev–Trinajstić information content (AvgIpc) is 3.63. The minimum Gasteiger partial charge on any atom is -0.290 e. The highest BCUT2D eigenvalue weighted by molar-refractivity contribution is 5.70. The van der Waals surface area contributed by atoms with Crippen LogP contribution in [-0.4, -0.2) is 54.9 Å². The molecule has 0 saturated heterocycles. The molecule has 0 bridgehead atoms. The van der Waals surface area contributed by atoms with Gasteiger partial charge in [0.15, 0.2) is 0 Å². The third-order valence-electron chi connectivity index (χ3n) is 5.67. The Morgan fingerprint density at radius 2 is 1.86 bits per heavy atom. The first-order valence-corrected chi connectivity index (χ1v) is 11.5. The van der Waals surface area contributed by atoms with Gasteiger partial charge in [0.25, 0.3) is 5.95 Å². The lowest BCUT2D eigenvalue weighted by Gasteiger charge is -2.09. The van der Waals surface area contributed by atoms with Gasteiger partial charge in [-0.1, -0.05) is 43.6 Å². The molecule has 0 fully saturated rings. The van der Waals surface area contributed by atoms with E-state index in [9.17, 15) is 4.79 Å². The zero-order valence-corrected chi connectivity index (χ0v) is 19.5. The summed E-state index contributed by atoms with van der Waals surface area (Å²) < 4.78 is 4.92. The minimum absolute atomic E-state index is 0.188. The molecule has 0 spiro atoms. The van der Waals surface area contributed by atoms with Crippen molar-refractivity contribution in [2.24, 2.45) is 0 Å². The number of rotatable bonds is 9. The van der Waals surface area contributed by atoms with Crippen LogP contribution in [0.5, 0.6) is 0 Å². The minimum atomic E-state index is -0.188. The summed E-state index contributed by atoms with van der Waals surface area (Å²) in [7, 11) is 0. The molecule has 4 aromatic heterocycles. The molecule has 1 aromatic carbocycles. The van der Waals surface area contributed by atoms with Crippen molar-refractivity contribution in [1.82, 2.24) is 54.9 Å². The first-order chi connectivity index (χ1) is 17.2. The molecule has 0 radical (unpaired) electrons. The smallest absolute Gasteiger partial charge is 0.290 e. The van der Waals surface area contributed by atoms with Crippen LogP contribution >= 0.6 is 0 Å². The highest BCUT2D eigenvalue weighted by Gasteiger charge is 2.17. The Kier molecular flexibility index (Phi) is 6.24. The van der Waals surface area contributed by atoms with Gasteiger partial charge in [-0.25, -0.2) is 14.0 Å². The lowest BCUT2D eigenvalue weighted by atomic mass is 10.0. The predicted octanol–water partition coefficient (Wildman–Crippen LogP) is 2.28. The van der Waals surface area contributed by atoms with E-state index in [0.29, 0.717) is 24.9 Å². The van der Waals surface area contributed by atoms with E-state index in [-0.39, 0.29) is 5.69 Å². The van der Waals surface area contributed by atoms with Crippen molar-refractivity contribution >= 4 is 0 Å². The quantitative estimate of drug-likeness (QED) is 0.346. The summed E-state index contributed by atoms with van der Waals surface area (Å²) in [6.07, 6.45) is 6.11. The van der Waals surface area contributed by atoms with E-state index in [0.717, 1.165) is 47.3 Å². The molecule has 12 heteroatoms. The molecule has 0 amide bonds. The van der Waals surface area contributed by atoms with Gasteiger partial charge < -0.3 is 0 Å². The number of hydrogen-bond donors (Lipinski definition) is 1. The number of benzene rings is 1. The second kappa shape index (κ2) is 9.79. The van der Waals surface area contributed by atoms with Gasteiger partial charge in [-0.15, -0.1) is 10.2 Å². The van der Waals surface area contributed by atoms with Crippen molar-refractivity contribution in [3.63, 3.8) is 0 Å². The van der Waals surface area contributed by atoms with Crippen molar-refractivity contribution in [3.05, 3.63) is 70.7 Å². The highest BCUT2D eigenvalue weighted by atomic mass is 16.2. The van der Waals surface area contributed by atoms with Crippen molar-refractivity contribution in [2.45, 2.75) is 46.2 Å². The summed E-state index contributed by atoms with van der Waals surface area (Å²) in [5.74, 6) is 0.955. The maximum atomic E-state index is 13.4. The molecule has 5 rings (SSSR count). The number of aromatic amines is 1. The molecule has 5 aromatic rings. The SMILES string of the molecule is CCCc1cn(-c2nnnn2CCC)c(=O)n1Cc1cc(-c2cccc(-c3nn[nH]n3)c2)ccn1. The van der Waals surface area contributed by atoms with E-state index in [1.54, 1.807) is 15.4 Å². The molecule has 12 nitrogen and oxygen atoms in total. The summed E-state index contributed by atoms with van der Waals surface area (Å²) >= 11 is 0. The van der Waals surface area contributed by atoms with Crippen LogP contribution in [0.2, 0.25) is 0 Å². The van der Waals surface area contributed by atoms with E-state index < -0.39 is 0 Å². The Bertz CT molecular complexity index is 1480. The second-order valence-electron chi connectivity index (χ2n) is 8.16. The Morgan fingerprint density at radius 3 is 2.66 bits per heavy atom. The third-order valence-corrected chi connectivity index (χ3v) is 5.67. The topological polar surface area (TPSA) is 138 Å². The van der Waals surface area contributed by atoms with Crippen molar-refractivity contribution < 1.29 is 0 Å². The first kappa shape index (κ1) is 22.3. The van der Waals surface area contributed by atoms with Gasteiger partial charge in [-0.05, 0) is 57.8 Å². The van der Waals surface area contributed by atoms with Crippen LogP contribution in [0.4, 0.5) is 0 Å². The van der Waals surface area contributed by atoms with E-state index in [2.05, 4.69) is 48.1 Å². The molecule has 178 valence electrons. The number of nitrogens with zero attached hydrogens (tertiary/aromatic N) is 10. The molecular weight excluding hydrogens is 446 g/mol. The van der Waals surface area contributed by atoms with Gasteiger partial charge in [0, 0.05) is 30.2 Å².